The van der Waals surface area contributed by atoms with E-state index >= 15 is 0 Å². The van der Waals surface area contributed by atoms with Crippen LogP contribution >= 0.6 is 11.6 Å². The van der Waals surface area contributed by atoms with Crippen LogP contribution in [0.1, 0.15) is 18.9 Å². The Morgan fingerprint density at radius 3 is 2.47 bits per heavy atom. The van der Waals surface area contributed by atoms with E-state index in [1.54, 1.807) is 19.2 Å². The first-order valence-electron chi connectivity index (χ1n) is 4.97. The third kappa shape index (κ3) is 3.65. The zero-order valence-corrected chi connectivity index (χ0v) is 9.75. The standard InChI is InChI=1S/C12H15ClO2/c1-3-12(15-2)11(14)8-9-4-6-10(13)7-5-9/h4-7,12H,3,8H2,1-2H3. The van der Waals surface area contributed by atoms with Gasteiger partial charge in [-0.05, 0) is 24.1 Å². The van der Waals surface area contributed by atoms with Crippen LogP contribution in [0.4, 0.5) is 0 Å². The van der Waals surface area contributed by atoms with Gasteiger partial charge in [-0.25, -0.2) is 0 Å². The van der Waals surface area contributed by atoms with Gasteiger partial charge in [-0.3, -0.25) is 4.79 Å². The maximum absolute atomic E-state index is 11.7. The lowest BCUT2D eigenvalue weighted by Gasteiger charge is -2.11. The summed E-state index contributed by atoms with van der Waals surface area (Å²) in [6, 6.07) is 7.31. The fourth-order valence-corrected chi connectivity index (χ4v) is 1.57. The molecule has 0 aliphatic rings. The molecule has 1 atom stereocenters. The second-order valence-electron chi connectivity index (χ2n) is 3.40. The highest BCUT2D eigenvalue weighted by molar-refractivity contribution is 6.30. The second-order valence-corrected chi connectivity index (χ2v) is 3.84. The van der Waals surface area contributed by atoms with Crippen molar-refractivity contribution in [1.82, 2.24) is 0 Å². The Hall–Kier alpha value is -0.860. The monoisotopic (exact) mass is 226 g/mol. The maximum atomic E-state index is 11.7. The first-order chi connectivity index (χ1) is 7.17. The van der Waals surface area contributed by atoms with Crippen LogP contribution in [0.2, 0.25) is 5.02 Å². The van der Waals surface area contributed by atoms with Gasteiger partial charge in [0.15, 0.2) is 5.78 Å². The summed E-state index contributed by atoms with van der Waals surface area (Å²) in [5.74, 6) is 0.113. The fraction of sp³-hybridized carbons (Fsp3) is 0.417. The van der Waals surface area contributed by atoms with Gasteiger partial charge in [0.2, 0.25) is 0 Å². The number of hydrogen-bond acceptors (Lipinski definition) is 2. The first-order valence-corrected chi connectivity index (χ1v) is 5.35. The van der Waals surface area contributed by atoms with Crippen LogP contribution in [0, 0.1) is 0 Å². The summed E-state index contributed by atoms with van der Waals surface area (Å²) in [5, 5.41) is 0.685. The third-order valence-corrected chi connectivity index (χ3v) is 2.56. The maximum Gasteiger partial charge on any atom is 0.165 e. The molecule has 82 valence electrons. The SMILES string of the molecule is CCC(OC)C(=O)Cc1ccc(Cl)cc1. The van der Waals surface area contributed by atoms with Gasteiger partial charge in [-0.15, -0.1) is 0 Å². The molecule has 1 aromatic rings. The van der Waals surface area contributed by atoms with Crippen LogP contribution in [0.3, 0.4) is 0 Å². The summed E-state index contributed by atoms with van der Waals surface area (Å²) in [6.07, 6.45) is 0.826. The minimum atomic E-state index is -0.291. The van der Waals surface area contributed by atoms with Gasteiger partial charge in [0.05, 0.1) is 0 Å². The zero-order chi connectivity index (χ0) is 11.3. The van der Waals surface area contributed by atoms with Crippen molar-refractivity contribution in [2.75, 3.05) is 7.11 Å². The number of carbonyl (C=O) groups is 1. The lowest BCUT2D eigenvalue weighted by atomic mass is 10.0. The van der Waals surface area contributed by atoms with Crippen molar-refractivity contribution in [3.05, 3.63) is 34.9 Å². The van der Waals surface area contributed by atoms with Crippen LogP contribution in [0.5, 0.6) is 0 Å². The van der Waals surface area contributed by atoms with E-state index in [1.165, 1.54) is 0 Å². The van der Waals surface area contributed by atoms with Gasteiger partial charge in [-0.1, -0.05) is 30.7 Å². The van der Waals surface area contributed by atoms with Gasteiger partial charge in [0.25, 0.3) is 0 Å². The molecule has 0 saturated carbocycles. The van der Waals surface area contributed by atoms with Gasteiger partial charge in [0.1, 0.15) is 6.10 Å². The molecular formula is C12H15ClO2. The van der Waals surface area contributed by atoms with E-state index < -0.39 is 0 Å². The summed E-state index contributed by atoms with van der Waals surface area (Å²) in [6.45, 7) is 1.94. The number of ether oxygens (including phenoxy) is 1. The molecule has 0 aliphatic carbocycles. The third-order valence-electron chi connectivity index (χ3n) is 2.31. The van der Waals surface area contributed by atoms with Crippen LogP contribution in [0.15, 0.2) is 24.3 Å². The molecule has 0 fully saturated rings. The minimum Gasteiger partial charge on any atom is -0.374 e. The molecule has 1 rings (SSSR count). The molecule has 0 heterocycles. The molecule has 0 aromatic heterocycles. The number of halogens is 1. The Kier molecular flexibility index (Phi) is 4.79. The number of ketones is 1. The number of methoxy groups -OCH3 is 1. The van der Waals surface area contributed by atoms with Crippen LogP contribution in [-0.2, 0) is 16.0 Å². The Balaban J connectivity index is 2.61. The molecule has 0 amide bonds. The van der Waals surface area contributed by atoms with Crippen LogP contribution < -0.4 is 0 Å². The number of benzene rings is 1. The van der Waals surface area contributed by atoms with E-state index in [9.17, 15) is 4.79 Å². The predicted octanol–water partition coefficient (Wildman–Crippen LogP) is 2.88. The Morgan fingerprint density at radius 2 is 2.00 bits per heavy atom. The summed E-state index contributed by atoms with van der Waals surface area (Å²) in [5.41, 5.74) is 0.972. The van der Waals surface area contributed by atoms with Crippen molar-refractivity contribution >= 4 is 17.4 Å². The second kappa shape index (κ2) is 5.89. The Morgan fingerprint density at radius 1 is 1.40 bits per heavy atom. The smallest absolute Gasteiger partial charge is 0.165 e. The topological polar surface area (TPSA) is 26.3 Å². The van der Waals surface area contributed by atoms with Crippen LogP contribution in [-0.4, -0.2) is 19.0 Å². The molecule has 0 aliphatic heterocycles. The molecule has 1 aromatic carbocycles. The summed E-state index contributed by atoms with van der Waals surface area (Å²) < 4.78 is 5.08. The molecule has 0 bridgehead atoms. The molecular weight excluding hydrogens is 212 g/mol. The van der Waals surface area contributed by atoms with Gasteiger partial charge in [-0.2, -0.15) is 0 Å². The number of carbonyl (C=O) groups excluding carboxylic acids is 1. The van der Waals surface area contributed by atoms with E-state index in [2.05, 4.69) is 0 Å². The summed E-state index contributed by atoms with van der Waals surface area (Å²) >= 11 is 5.76. The van der Waals surface area contributed by atoms with Gasteiger partial charge >= 0.3 is 0 Å². The largest absolute Gasteiger partial charge is 0.374 e. The van der Waals surface area contributed by atoms with Gasteiger partial charge < -0.3 is 4.74 Å². The summed E-state index contributed by atoms with van der Waals surface area (Å²) in [7, 11) is 1.56. The van der Waals surface area contributed by atoms with E-state index in [1.807, 2.05) is 19.1 Å². The van der Waals surface area contributed by atoms with Crippen molar-refractivity contribution in [3.8, 4) is 0 Å². The molecule has 1 unspecified atom stereocenters. The predicted molar refractivity (Wildman–Crippen MR) is 61.3 cm³/mol. The fourth-order valence-electron chi connectivity index (χ4n) is 1.44. The van der Waals surface area contributed by atoms with E-state index in [4.69, 9.17) is 16.3 Å². The van der Waals surface area contributed by atoms with Crippen LogP contribution in [0.25, 0.3) is 0 Å². The Bertz CT molecular complexity index is 315. The van der Waals surface area contributed by atoms with Gasteiger partial charge in [0, 0.05) is 18.6 Å². The van der Waals surface area contributed by atoms with E-state index in [-0.39, 0.29) is 11.9 Å². The van der Waals surface area contributed by atoms with Crippen molar-refractivity contribution in [3.63, 3.8) is 0 Å². The average Bonchev–Trinajstić information content (AvgIpc) is 2.23. The summed E-state index contributed by atoms with van der Waals surface area (Å²) in [4.78, 5) is 11.7. The molecule has 3 heteroatoms. The molecule has 0 radical (unpaired) electrons. The van der Waals surface area contributed by atoms with Crippen molar-refractivity contribution in [1.29, 1.82) is 0 Å². The van der Waals surface area contributed by atoms with E-state index in [0.717, 1.165) is 5.56 Å². The normalized spacial score (nSPS) is 12.5. The zero-order valence-electron chi connectivity index (χ0n) is 9.00. The highest BCUT2D eigenvalue weighted by Gasteiger charge is 2.15. The number of Topliss-reactive ketones (excluding diaryl/α,β-unsaturated/α-hetero) is 1. The quantitative estimate of drug-likeness (QED) is 0.772. The molecule has 0 N–H and O–H groups in total. The lowest BCUT2D eigenvalue weighted by molar-refractivity contribution is -0.128. The number of rotatable bonds is 5. The number of hydrogen-bond donors (Lipinski definition) is 0. The minimum absolute atomic E-state index is 0.113. The van der Waals surface area contributed by atoms with Crippen molar-refractivity contribution < 1.29 is 9.53 Å². The first kappa shape index (κ1) is 12.2. The average molecular weight is 227 g/mol. The molecule has 2 nitrogen and oxygen atoms in total. The molecule has 0 spiro atoms. The molecule has 15 heavy (non-hydrogen) atoms. The Labute approximate surface area is 95.2 Å². The van der Waals surface area contributed by atoms with Crippen molar-refractivity contribution in [2.24, 2.45) is 0 Å². The highest BCUT2D eigenvalue weighted by atomic mass is 35.5. The lowest BCUT2D eigenvalue weighted by Crippen LogP contribution is -2.23. The molecule has 0 saturated heterocycles. The van der Waals surface area contributed by atoms with Crippen molar-refractivity contribution in [2.45, 2.75) is 25.9 Å². The van der Waals surface area contributed by atoms with E-state index in [0.29, 0.717) is 17.9 Å². The highest BCUT2D eigenvalue weighted by Crippen LogP contribution is 2.11.